The Balaban J connectivity index is 2.66. The Hall–Kier alpha value is -0.190. The lowest BCUT2D eigenvalue weighted by molar-refractivity contribution is -0.123. The van der Waals surface area contributed by atoms with Crippen molar-refractivity contribution in [2.45, 2.75) is 20.3 Å². The van der Waals surface area contributed by atoms with E-state index in [1.807, 2.05) is 25.3 Å². The van der Waals surface area contributed by atoms with Crippen LogP contribution in [0.4, 0.5) is 0 Å². The van der Waals surface area contributed by atoms with E-state index in [1.165, 1.54) is 0 Å². The molecule has 1 rings (SSSR count). The third-order valence-corrected chi connectivity index (χ3v) is 4.42. The molecule has 0 spiro atoms. The summed E-state index contributed by atoms with van der Waals surface area (Å²) in [6.07, 6.45) is 0.498. The second-order valence-electron chi connectivity index (χ2n) is 3.92. The molecular weight excluding hydrogens is 274 g/mol. The molecule has 4 heteroatoms. The molecule has 1 atom stereocenters. The van der Waals surface area contributed by atoms with Crippen LogP contribution in [0.25, 0.3) is 0 Å². The van der Waals surface area contributed by atoms with E-state index in [0.717, 1.165) is 9.35 Å². The average Bonchev–Trinajstić information content (AvgIpc) is 2.52. The number of halogens is 1. The van der Waals surface area contributed by atoms with Gasteiger partial charge in [-0.2, -0.15) is 0 Å². The molecule has 0 amide bonds. The Bertz CT molecular complexity index is 335. The Kier molecular flexibility index (Phi) is 4.96. The largest absolute Gasteiger partial charge is 0.330 e. The van der Waals surface area contributed by atoms with Crippen molar-refractivity contribution in [3.63, 3.8) is 0 Å². The zero-order valence-corrected chi connectivity index (χ0v) is 11.4. The van der Waals surface area contributed by atoms with E-state index in [9.17, 15) is 4.79 Å². The predicted octanol–water partition coefficient (Wildman–Crippen LogP) is 2.85. The van der Waals surface area contributed by atoms with E-state index in [1.54, 1.807) is 11.3 Å². The number of carbonyl (C=O) groups is 1. The van der Waals surface area contributed by atoms with Gasteiger partial charge in [-0.15, -0.1) is 11.3 Å². The fourth-order valence-corrected chi connectivity index (χ4v) is 3.02. The molecule has 0 fully saturated rings. The number of thiophene rings is 1. The Morgan fingerprint density at radius 2 is 2.27 bits per heavy atom. The zero-order chi connectivity index (χ0) is 11.4. The molecule has 1 heterocycles. The van der Waals surface area contributed by atoms with Crippen molar-refractivity contribution in [3.05, 3.63) is 20.8 Å². The summed E-state index contributed by atoms with van der Waals surface area (Å²) in [5, 5.41) is 1.99. The first-order valence-corrected chi connectivity index (χ1v) is 6.68. The number of Topliss-reactive ketones (excluding diaryl/α,β-unsaturated/α-hetero) is 1. The van der Waals surface area contributed by atoms with E-state index in [-0.39, 0.29) is 11.7 Å². The summed E-state index contributed by atoms with van der Waals surface area (Å²) in [5.74, 6) is 0.552. The summed E-state index contributed by atoms with van der Waals surface area (Å²) in [5.41, 5.74) is 5.61. The van der Waals surface area contributed by atoms with Crippen LogP contribution in [-0.4, -0.2) is 12.3 Å². The van der Waals surface area contributed by atoms with E-state index in [0.29, 0.717) is 18.9 Å². The van der Waals surface area contributed by atoms with Gasteiger partial charge in [-0.1, -0.05) is 13.8 Å². The first kappa shape index (κ1) is 12.9. The lowest BCUT2D eigenvalue weighted by Crippen LogP contribution is -2.29. The number of ketones is 1. The van der Waals surface area contributed by atoms with E-state index < -0.39 is 0 Å². The summed E-state index contributed by atoms with van der Waals surface area (Å²) in [6, 6.07) is 1.97. The van der Waals surface area contributed by atoms with Crippen LogP contribution in [-0.2, 0) is 11.2 Å². The van der Waals surface area contributed by atoms with Crippen LogP contribution in [0.2, 0.25) is 0 Å². The molecule has 1 aromatic rings. The van der Waals surface area contributed by atoms with Gasteiger partial charge in [0.25, 0.3) is 0 Å². The lowest BCUT2D eigenvalue weighted by Gasteiger charge is -2.16. The molecular formula is C11H16BrNOS. The topological polar surface area (TPSA) is 43.1 Å². The summed E-state index contributed by atoms with van der Waals surface area (Å²) >= 11 is 5.04. The van der Waals surface area contributed by atoms with Crippen molar-refractivity contribution in [1.82, 2.24) is 0 Å². The van der Waals surface area contributed by atoms with Crippen molar-refractivity contribution < 1.29 is 4.79 Å². The molecule has 0 saturated carbocycles. The summed E-state index contributed by atoms with van der Waals surface area (Å²) in [7, 11) is 0. The standard InChI is InChI=1S/C11H16BrNOS/c1-7(2)8(6-13)10(14)5-11-9(12)3-4-15-11/h3-4,7-8H,5-6,13H2,1-2H3. The Morgan fingerprint density at radius 3 is 2.67 bits per heavy atom. The van der Waals surface area contributed by atoms with Gasteiger partial charge in [-0.3, -0.25) is 4.79 Å². The van der Waals surface area contributed by atoms with Gasteiger partial charge < -0.3 is 5.73 Å². The molecule has 0 aliphatic heterocycles. The van der Waals surface area contributed by atoms with E-state index in [2.05, 4.69) is 15.9 Å². The lowest BCUT2D eigenvalue weighted by atomic mass is 9.90. The minimum absolute atomic E-state index is 0.0148. The highest BCUT2D eigenvalue weighted by molar-refractivity contribution is 9.10. The Morgan fingerprint density at radius 1 is 1.60 bits per heavy atom. The van der Waals surface area contributed by atoms with Crippen LogP contribution >= 0.6 is 27.3 Å². The smallest absolute Gasteiger partial charge is 0.142 e. The maximum atomic E-state index is 11.9. The normalized spacial score (nSPS) is 13.1. The fourth-order valence-electron chi connectivity index (χ4n) is 1.52. The van der Waals surface area contributed by atoms with Crippen molar-refractivity contribution in [1.29, 1.82) is 0 Å². The van der Waals surface area contributed by atoms with Gasteiger partial charge >= 0.3 is 0 Å². The summed E-state index contributed by atoms with van der Waals surface area (Å²) in [4.78, 5) is 13.0. The van der Waals surface area contributed by atoms with Crippen LogP contribution in [0.15, 0.2) is 15.9 Å². The highest BCUT2D eigenvalue weighted by atomic mass is 79.9. The molecule has 0 bridgehead atoms. The number of hydrogen-bond acceptors (Lipinski definition) is 3. The number of rotatable bonds is 5. The van der Waals surface area contributed by atoms with Gasteiger partial charge in [-0.25, -0.2) is 0 Å². The second-order valence-corrected chi connectivity index (χ2v) is 5.78. The molecule has 84 valence electrons. The molecule has 0 aliphatic carbocycles. The van der Waals surface area contributed by atoms with Crippen LogP contribution < -0.4 is 5.73 Å². The van der Waals surface area contributed by atoms with E-state index >= 15 is 0 Å². The van der Waals surface area contributed by atoms with Crippen LogP contribution in [0.3, 0.4) is 0 Å². The first-order valence-electron chi connectivity index (χ1n) is 5.01. The highest BCUT2D eigenvalue weighted by Crippen LogP contribution is 2.25. The molecule has 0 saturated heterocycles. The predicted molar refractivity (Wildman–Crippen MR) is 68.1 cm³/mol. The molecule has 2 N–H and O–H groups in total. The fraction of sp³-hybridized carbons (Fsp3) is 0.545. The maximum Gasteiger partial charge on any atom is 0.142 e. The molecule has 15 heavy (non-hydrogen) atoms. The van der Waals surface area contributed by atoms with Crippen LogP contribution in [0.1, 0.15) is 18.7 Å². The molecule has 0 aromatic carbocycles. The van der Waals surface area contributed by atoms with Gasteiger partial charge in [0.2, 0.25) is 0 Å². The molecule has 2 nitrogen and oxygen atoms in total. The number of nitrogens with two attached hydrogens (primary N) is 1. The number of carbonyl (C=O) groups excluding carboxylic acids is 1. The molecule has 0 aliphatic rings. The van der Waals surface area contributed by atoms with Gasteiger partial charge in [0, 0.05) is 28.2 Å². The quantitative estimate of drug-likeness (QED) is 0.906. The van der Waals surface area contributed by atoms with Crippen molar-refractivity contribution in [2.75, 3.05) is 6.54 Å². The Labute approximate surface area is 103 Å². The summed E-state index contributed by atoms with van der Waals surface area (Å²) in [6.45, 7) is 4.53. The minimum Gasteiger partial charge on any atom is -0.330 e. The maximum absolute atomic E-state index is 11.9. The van der Waals surface area contributed by atoms with E-state index in [4.69, 9.17) is 5.73 Å². The molecule has 1 unspecified atom stereocenters. The van der Waals surface area contributed by atoms with Crippen LogP contribution in [0.5, 0.6) is 0 Å². The number of hydrogen-bond donors (Lipinski definition) is 1. The van der Waals surface area contributed by atoms with Crippen molar-refractivity contribution in [3.8, 4) is 0 Å². The van der Waals surface area contributed by atoms with Gasteiger partial charge in [-0.05, 0) is 33.3 Å². The second kappa shape index (κ2) is 5.77. The SMILES string of the molecule is CC(C)C(CN)C(=O)Cc1sccc1Br. The van der Waals surface area contributed by atoms with Gasteiger partial charge in [0.05, 0.1) is 0 Å². The van der Waals surface area contributed by atoms with Crippen molar-refractivity contribution in [2.24, 2.45) is 17.6 Å². The van der Waals surface area contributed by atoms with Gasteiger partial charge in [0.1, 0.15) is 5.78 Å². The molecule has 0 radical (unpaired) electrons. The van der Waals surface area contributed by atoms with Gasteiger partial charge in [0.15, 0.2) is 0 Å². The average molecular weight is 290 g/mol. The third-order valence-electron chi connectivity index (χ3n) is 2.50. The molecule has 1 aromatic heterocycles. The zero-order valence-electron chi connectivity index (χ0n) is 9.00. The third kappa shape index (κ3) is 3.40. The minimum atomic E-state index is -0.0148. The monoisotopic (exact) mass is 289 g/mol. The van der Waals surface area contributed by atoms with Crippen molar-refractivity contribution >= 4 is 33.0 Å². The first-order chi connectivity index (χ1) is 7.06. The highest BCUT2D eigenvalue weighted by Gasteiger charge is 2.21. The van der Waals surface area contributed by atoms with Crippen LogP contribution in [0, 0.1) is 11.8 Å². The summed E-state index contributed by atoms with van der Waals surface area (Å²) < 4.78 is 1.03.